The minimum atomic E-state index is -1.70. The Bertz CT molecular complexity index is 1880. The average molecular weight is 821 g/mol. The number of carbonyl (C=O) groups excluding carboxylic acids is 4. The molecule has 0 saturated carbocycles. The van der Waals surface area contributed by atoms with Gasteiger partial charge in [-0.25, -0.2) is 19.5 Å². The lowest BCUT2D eigenvalue weighted by atomic mass is 10.1. The highest BCUT2D eigenvalue weighted by molar-refractivity contribution is 6.34. The van der Waals surface area contributed by atoms with E-state index in [1.807, 2.05) is 0 Å². The minimum Gasteiger partial charge on any atom is -0.462 e. The SMILES string of the molecule is CCCCCCCCCCCCOC(=O)c1ccc(Cl)c(NC(=O)C(c2nc3ccccc3c(=O)n2CCCCCCCCCCCC)N2C(=O)OC(C)(C)C2=O)c1. The van der Waals surface area contributed by atoms with Crippen molar-refractivity contribution in [3.8, 4) is 0 Å². The number of amides is 3. The second kappa shape index (κ2) is 24.0. The summed E-state index contributed by atoms with van der Waals surface area (Å²) in [5, 5.41) is 3.19. The van der Waals surface area contributed by atoms with Gasteiger partial charge in [0, 0.05) is 6.54 Å². The monoisotopic (exact) mass is 820 g/mol. The van der Waals surface area contributed by atoms with E-state index in [1.165, 1.54) is 114 Å². The molecular weight excluding hydrogens is 756 g/mol. The van der Waals surface area contributed by atoms with Gasteiger partial charge in [-0.1, -0.05) is 153 Å². The van der Waals surface area contributed by atoms with Crippen molar-refractivity contribution >= 4 is 52.1 Å². The predicted octanol–water partition coefficient (Wildman–Crippen LogP) is 11.5. The Morgan fingerprint density at radius 2 is 1.33 bits per heavy atom. The molecule has 1 aromatic heterocycles. The predicted molar refractivity (Wildman–Crippen MR) is 230 cm³/mol. The first-order valence-electron chi connectivity index (χ1n) is 21.8. The highest BCUT2D eigenvalue weighted by Gasteiger charge is 2.53. The number of anilines is 1. The number of hydrogen-bond acceptors (Lipinski definition) is 8. The number of rotatable bonds is 27. The second-order valence-corrected chi connectivity index (χ2v) is 16.5. The van der Waals surface area contributed by atoms with Crippen LogP contribution in [0.4, 0.5) is 10.5 Å². The first-order valence-corrected chi connectivity index (χ1v) is 22.2. The summed E-state index contributed by atoms with van der Waals surface area (Å²) in [4.78, 5) is 74.4. The lowest BCUT2D eigenvalue weighted by Gasteiger charge is -2.26. The number of para-hydroxylation sites is 1. The molecule has 318 valence electrons. The molecule has 0 bridgehead atoms. The third kappa shape index (κ3) is 13.4. The number of imide groups is 1. The maximum atomic E-state index is 14.5. The molecule has 1 aliphatic heterocycles. The summed E-state index contributed by atoms with van der Waals surface area (Å²) in [5.74, 6) is -2.27. The van der Waals surface area contributed by atoms with Gasteiger partial charge in [-0.3, -0.25) is 19.0 Å². The Kier molecular flexibility index (Phi) is 19.2. The van der Waals surface area contributed by atoms with Gasteiger partial charge in [0.2, 0.25) is 0 Å². The van der Waals surface area contributed by atoms with Crippen molar-refractivity contribution in [3.63, 3.8) is 0 Å². The van der Waals surface area contributed by atoms with Crippen LogP contribution < -0.4 is 10.9 Å². The Morgan fingerprint density at radius 1 is 0.776 bits per heavy atom. The molecule has 2 aromatic carbocycles. The molecule has 3 aromatic rings. The fraction of sp³-hybridized carbons (Fsp3) is 0.609. The number of ether oxygens (including phenoxy) is 2. The average Bonchev–Trinajstić information content (AvgIpc) is 3.40. The summed E-state index contributed by atoms with van der Waals surface area (Å²) in [6, 6.07) is 9.45. The van der Waals surface area contributed by atoms with Crippen LogP contribution in [0.1, 0.15) is 178 Å². The number of nitrogens with zero attached hydrogens (tertiary/aromatic N) is 3. The molecule has 1 aliphatic rings. The van der Waals surface area contributed by atoms with Gasteiger partial charge in [-0.15, -0.1) is 0 Å². The summed E-state index contributed by atoms with van der Waals surface area (Å²) in [5.41, 5.74) is -1.41. The van der Waals surface area contributed by atoms with Crippen LogP contribution in [0.5, 0.6) is 0 Å². The van der Waals surface area contributed by atoms with E-state index < -0.39 is 41.1 Å². The van der Waals surface area contributed by atoms with E-state index in [2.05, 4.69) is 19.2 Å². The van der Waals surface area contributed by atoms with Crippen molar-refractivity contribution in [2.75, 3.05) is 11.9 Å². The largest absolute Gasteiger partial charge is 0.462 e. The molecule has 2 heterocycles. The molecule has 11 nitrogen and oxygen atoms in total. The van der Waals surface area contributed by atoms with E-state index in [9.17, 15) is 24.0 Å². The fourth-order valence-electron chi connectivity index (χ4n) is 7.41. The maximum absolute atomic E-state index is 14.5. The minimum absolute atomic E-state index is 0.0636. The third-order valence-corrected chi connectivity index (χ3v) is 11.2. The van der Waals surface area contributed by atoms with Crippen molar-refractivity contribution in [2.24, 2.45) is 0 Å². The number of aromatic nitrogens is 2. The van der Waals surface area contributed by atoms with Gasteiger partial charge < -0.3 is 14.8 Å². The van der Waals surface area contributed by atoms with Gasteiger partial charge in [-0.05, 0) is 57.0 Å². The van der Waals surface area contributed by atoms with Crippen molar-refractivity contribution in [1.82, 2.24) is 14.5 Å². The molecule has 0 aliphatic carbocycles. The van der Waals surface area contributed by atoms with E-state index in [4.69, 9.17) is 26.1 Å². The highest BCUT2D eigenvalue weighted by Crippen LogP contribution is 2.34. The number of cyclic esters (lactones) is 1. The van der Waals surface area contributed by atoms with Crippen LogP contribution in [0.2, 0.25) is 5.02 Å². The van der Waals surface area contributed by atoms with Gasteiger partial charge >= 0.3 is 12.1 Å². The van der Waals surface area contributed by atoms with Crippen LogP contribution in [0, 0.1) is 0 Å². The number of hydrogen-bond donors (Lipinski definition) is 1. The molecule has 1 saturated heterocycles. The Balaban J connectivity index is 1.51. The Hall–Kier alpha value is -4.25. The molecule has 1 fully saturated rings. The number of benzene rings is 2. The van der Waals surface area contributed by atoms with Crippen molar-refractivity contribution in [2.45, 2.75) is 174 Å². The number of halogens is 1. The summed E-state index contributed by atoms with van der Waals surface area (Å²) in [6.45, 7) is 7.79. The Labute approximate surface area is 349 Å². The quantitative estimate of drug-likeness (QED) is 0.0593. The summed E-state index contributed by atoms with van der Waals surface area (Å²) >= 11 is 6.56. The number of fused-ring (bicyclic) bond motifs is 1. The maximum Gasteiger partial charge on any atom is 0.418 e. The summed E-state index contributed by atoms with van der Waals surface area (Å²) in [6.07, 6.45) is 21.5. The molecule has 12 heteroatoms. The van der Waals surface area contributed by atoms with E-state index in [0.717, 1.165) is 49.8 Å². The number of esters is 1. The third-order valence-electron chi connectivity index (χ3n) is 10.8. The molecule has 0 radical (unpaired) electrons. The van der Waals surface area contributed by atoms with E-state index in [-0.39, 0.29) is 35.2 Å². The lowest BCUT2D eigenvalue weighted by Crippen LogP contribution is -2.46. The summed E-state index contributed by atoms with van der Waals surface area (Å²) < 4.78 is 12.4. The Morgan fingerprint density at radius 3 is 1.90 bits per heavy atom. The van der Waals surface area contributed by atoms with Crippen LogP contribution >= 0.6 is 11.6 Å². The topological polar surface area (TPSA) is 137 Å². The van der Waals surface area contributed by atoms with Crippen LogP contribution in [0.25, 0.3) is 10.9 Å². The van der Waals surface area contributed by atoms with Gasteiger partial charge in [0.25, 0.3) is 17.4 Å². The van der Waals surface area contributed by atoms with Crippen molar-refractivity contribution in [3.05, 3.63) is 69.2 Å². The van der Waals surface area contributed by atoms with Gasteiger partial charge in [-0.2, -0.15) is 0 Å². The standard InChI is InChI=1S/C46H65ClN4O7/c1-5-7-9-11-13-15-17-19-21-25-31-50-40(48-37-28-24-23-27-35(37)42(50)53)39(51-44(55)46(3,4)58-45(51)56)41(52)49-38-33-34(29-30-36(38)47)43(54)57-32-26-22-20-18-16-14-12-10-8-6-2/h23-24,27-30,33,39H,5-22,25-26,31-32H2,1-4H3,(H,49,52). The van der Waals surface area contributed by atoms with Crippen LogP contribution in [0.3, 0.4) is 0 Å². The molecular formula is C46H65ClN4O7. The molecule has 4 rings (SSSR count). The summed E-state index contributed by atoms with van der Waals surface area (Å²) in [7, 11) is 0. The van der Waals surface area contributed by atoms with Crippen LogP contribution in [0.15, 0.2) is 47.3 Å². The van der Waals surface area contributed by atoms with Crippen LogP contribution in [-0.4, -0.2) is 50.5 Å². The first-order chi connectivity index (χ1) is 28.0. The smallest absolute Gasteiger partial charge is 0.418 e. The molecule has 1 N–H and O–H groups in total. The number of nitrogens with one attached hydrogen (secondary N) is 1. The zero-order valence-corrected chi connectivity index (χ0v) is 36.0. The van der Waals surface area contributed by atoms with Gasteiger partial charge in [0.15, 0.2) is 11.6 Å². The van der Waals surface area contributed by atoms with Crippen molar-refractivity contribution < 1.29 is 28.7 Å². The lowest BCUT2D eigenvalue weighted by molar-refractivity contribution is -0.139. The molecule has 3 amide bonds. The molecule has 0 spiro atoms. The normalized spacial score (nSPS) is 14.2. The van der Waals surface area contributed by atoms with Crippen LogP contribution in [-0.2, 0) is 25.6 Å². The van der Waals surface area contributed by atoms with E-state index in [1.54, 1.807) is 24.3 Å². The number of unbranched alkanes of at least 4 members (excludes halogenated alkanes) is 18. The first kappa shape index (κ1) is 46.4. The highest BCUT2D eigenvalue weighted by atomic mass is 35.5. The molecule has 1 unspecified atom stereocenters. The van der Waals surface area contributed by atoms with Crippen molar-refractivity contribution in [1.29, 1.82) is 0 Å². The zero-order chi connectivity index (χ0) is 41.9. The molecule has 1 atom stereocenters. The van der Waals surface area contributed by atoms with E-state index >= 15 is 0 Å². The molecule has 58 heavy (non-hydrogen) atoms. The number of carbonyl (C=O) groups is 4. The fourth-order valence-corrected chi connectivity index (χ4v) is 7.58. The second-order valence-electron chi connectivity index (χ2n) is 16.1. The van der Waals surface area contributed by atoms with E-state index in [0.29, 0.717) is 17.3 Å². The van der Waals surface area contributed by atoms with Gasteiger partial charge in [0.1, 0.15) is 5.82 Å². The van der Waals surface area contributed by atoms with Gasteiger partial charge in [0.05, 0.1) is 33.8 Å². The zero-order valence-electron chi connectivity index (χ0n) is 35.3.